The average molecular weight is 321 g/mol. The first-order valence-electron chi connectivity index (χ1n) is 6.20. The molecule has 100 valence electrons. The molecule has 0 amide bonds. The zero-order valence-corrected chi connectivity index (χ0v) is 12.6. The number of halogens is 1. The molecule has 3 nitrogen and oxygen atoms in total. The standard InChI is InChI=1S/C15H17BrN2O/c1-11-3-5-13(6-4-11)19-10-12(2)18-15-7-8-17-9-14(15)16/h3-9,12H,10H2,1-2H3,(H,17,18). The summed E-state index contributed by atoms with van der Waals surface area (Å²) in [5.74, 6) is 0.896. The Hall–Kier alpha value is -1.55. The van der Waals surface area contributed by atoms with Gasteiger partial charge in [0.15, 0.2) is 0 Å². The summed E-state index contributed by atoms with van der Waals surface area (Å²) in [7, 11) is 0. The predicted molar refractivity (Wildman–Crippen MR) is 81.7 cm³/mol. The van der Waals surface area contributed by atoms with Gasteiger partial charge in [0, 0.05) is 12.4 Å². The predicted octanol–water partition coefficient (Wildman–Crippen LogP) is 4.03. The molecule has 0 saturated carbocycles. The molecule has 0 aliphatic carbocycles. The molecule has 0 aliphatic heterocycles. The lowest BCUT2D eigenvalue weighted by molar-refractivity contribution is 0.304. The second-order valence-corrected chi connectivity index (χ2v) is 5.38. The van der Waals surface area contributed by atoms with Crippen molar-refractivity contribution in [3.05, 3.63) is 52.8 Å². The molecular weight excluding hydrogens is 304 g/mol. The number of ether oxygens (including phenoxy) is 1. The van der Waals surface area contributed by atoms with Crippen LogP contribution in [-0.2, 0) is 0 Å². The zero-order chi connectivity index (χ0) is 13.7. The number of rotatable bonds is 5. The third kappa shape index (κ3) is 4.24. The SMILES string of the molecule is Cc1ccc(OCC(C)Nc2ccncc2Br)cc1. The first kappa shape index (κ1) is 13.9. The van der Waals surface area contributed by atoms with E-state index >= 15 is 0 Å². The number of anilines is 1. The summed E-state index contributed by atoms with van der Waals surface area (Å²) in [6.07, 6.45) is 3.54. The van der Waals surface area contributed by atoms with Crippen LogP contribution in [0.5, 0.6) is 5.75 Å². The molecule has 1 heterocycles. The Kier molecular flexibility index (Phi) is 4.80. The normalized spacial score (nSPS) is 11.9. The molecule has 0 saturated heterocycles. The zero-order valence-electron chi connectivity index (χ0n) is 11.1. The lowest BCUT2D eigenvalue weighted by Crippen LogP contribution is -2.23. The van der Waals surface area contributed by atoms with Gasteiger partial charge in [-0.25, -0.2) is 0 Å². The second kappa shape index (κ2) is 6.57. The van der Waals surface area contributed by atoms with Crippen LogP contribution >= 0.6 is 15.9 Å². The highest BCUT2D eigenvalue weighted by molar-refractivity contribution is 9.10. The lowest BCUT2D eigenvalue weighted by Gasteiger charge is -2.17. The maximum absolute atomic E-state index is 5.74. The summed E-state index contributed by atoms with van der Waals surface area (Å²) < 4.78 is 6.70. The molecule has 0 aliphatic rings. The fourth-order valence-corrected chi connectivity index (χ4v) is 2.02. The van der Waals surface area contributed by atoms with E-state index in [1.54, 1.807) is 12.4 Å². The van der Waals surface area contributed by atoms with Gasteiger partial charge in [-0.15, -0.1) is 0 Å². The van der Waals surface area contributed by atoms with Crippen LogP contribution in [0.1, 0.15) is 12.5 Å². The third-order valence-corrected chi connectivity index (χ3v) is 3.33. The minimum absolute atomic E-state index is 0.208. The molecule has 1 aromatic carbocycles. The number of aromatic nitrogens is 1. The Morgan fingerprint density at radius 2 is 2.00 bits per heavy atom. The van der Waals surface area contributed by atoms with Crippen molar-refractivity contribution < 1.29 is 4.74 Å². The molecule has 1 atom stereocenters. The number of hydrogen-bond acceptors (Lipinski definition) is 3. The van der Waals surface area contributed by atoms with E-state index in [0.717, 1.165) is 15.9 Å². The van der Waals surface area contributed by atoms with Crippen molar-refractivity contribution in [3.8, 4) is 5.75 Å². The van der Waals surface area contributed by atoms with E-state index in [0.29, 0.717) is 6.61 Å². The largest absolute Gasteiger partial charge is 0.491 e. The molecule has 0 spiro atoms. The quantitative estimate of drug-likeness (QED) is 0.903. The number of nitrogens with zero attached hydrogens (tertiary/aromatic N) is 1. The van der Waals surface area contributed by atoms with Crippen molar-refractivity contribution in [1.82, 2.24) is 4.98 Å². The molecule has 1 N–H and O–H groups in total. The van der Waals surface area contributed by atoms with Crippen LogP contribution < -0.4 is 10.1 Å². The topological polar surface area (TPSA) is 34.1 Å². The summed E-state index contributed by atoms with van der Waals surface area (Å²) in [4.78, 5) is 4.04. The molecule has 1 aromatic heterocycles. The van der Waals surface area contributed by atoms with Crippen LogP contribution in [0.2, 0.25) is 0 Å². The third-order valence-electron chi connectivity index (χ3n) is 2.70. The van der Waals surface area contributed by atoms with Crippen LogP contribution in [0, 0.1) is 6.92 Å². The first-order chi connectivity index (χ1) is 9.15. The molecule has 0 fully saturated rings. The van der Waals surface area contributed by atoms with Gasteiger partial charge in [0.25, 0.3) is 0 Å². The maximum atomic E-state index is 5.74. The molecule has 4 heteroatoms. The lowest BCUT2D eigenvalue weighted by atomic mass is 10.2. The molecule has 0 bridgehead atoms. The Morgan fingerprint density at radius 3 is 2.68 bits per heavy atom. The second-order valence-electron chi connectivity index (χ2n) is 4.52. The Balaban J connectivity index is 1.86. The van der Waals surface area contributed by atoms with E-state index in [1.807, 2.05) is 30.3 Å². The highest BCUT2D eigenvalue weighted by Gasteiger charge is 2.05. The van der Waals surface area contributed by atoms with Gasteiger partial charge in [0.2, 0.25) is 0 Å². The van der Waals surface area contributed by atoms with Crippen molar-refractivity contribution in [2.75, 3.05) is 11.9 Å². The van der Waals surface area contributed by atoms with Crippen LogP contribution in [0.15, 0.2) is 47.2 Å². The number of benzene rings is 1. The summed E-state index contributed by atoms with van der Waals surface area (Å²) in [5, 5.41) is 3.38. The fraction of sp³-hybridized carbons (Fsp3) is 0.267. The molecule has 2 aromatic rings. The summed E-state index contributed by atoms with van der Waals surface area (Å²) in [6, 6.07) is 10.2. The molecule has 19 heavy (non-hydrogen) atoms. The van der Waals surface area contributed by atoms with E-state index in [-0.39, 0.29) is 6.04 Å². The summed E-state index contributed by atoms with van der Waals surface area (Å²) in [6.45, 7) is 4.76. The average Bonchev–Trinajstić information content (AvgIpc) is 2.41. The van der Waals surface area contributed by atoms with Crippen molar-refractivity contribution in [1.29, 1.82) is 0 Å². The van der Waals surface area contributed by atoms with Gasteiger partial charge >= 0.3 is 0 Å². The minimum atomic E-state index is 0.208. The van der Waals surface area contributed by atoms with Gasteiger partial charge in [-0.1, -0.05) is 17.7 Å². The number of nitrogens with one attached hydrogen (secondary N) is 1. The van der Waals surface area contributed by atoms with Gasteiger partial charge in [0.1, 0.15) is 12.4 Å². The van der Waals surface area contributed by atoms with Crippen LogP contribution in [0.25, 0.3) is 0 Å². The van der Waals surface area contributed by atoms with Crippen molar-refractivity contribution in [2.45, 2.75) is 19.9 Å². The Morgan fingerprint density at radius 1 is 1.26 bits per heavy atom. The Bertz CT molecular complexity index is 528. The Labute approximate surface area is 122 Å². The van der Waals surface area contributed by atoms with E-state index in [9.17, 15) is 0 Å². The van der Waals surface area contributed by atoms with Gasteiger partial charge in [-0.3, -0.25) is 4.98 Å². The number of pyridine rings is 1. The van der Waals surface area contributed by atoms with Crippen molar-refractivity contribution >= 4 is 21.6 Å². The van der Waals surface area contributed by atoms with Gasteiger partial charge < -0.3 is 10.1 Å². The molecule has 0 radical (unpaired) electrons. The van der Waals surface area contributed by atoms with Gasteiger partial charge in [-0.05, 0) is 48.0 Å². The van der Waals surface area contributed by atoms with E-state index in [4.69, 9.17) is 4.74 Å². The van der Waals surface area contributed by atoms with E-state index in [2.05, 4.69) is 40.1 Å². The molecule has 2 rings (SSSR count). The first-order valence-corrected chi connectivity index (χ1v) is 7.00. The number of aryl methyl sites for hydroxylation is 1. The minimum Gasteiger partial charge on any atom is -0.491 e. The van der Waals surface area contributed by atoms with Crippen LogP contribution in [0.3, 0.4) is 0 Å². The molecular formula is C15H17BrN2O. The molecule has 1 unspecified atom stereocenters. The monoisotopic (exact) mass is 320 g/mol. The number of hydrogen-bond donors (Lipinski definition) is 1. The van der Waals surface area contributed by atoms with Crippen molar-refractivity contribution in [3.63, 3.8) is 0 Å². The van der Waals surface area contributed by atoms with Crippen molar-refractivity contribution in [2.24, 2.45) is 0 Å². The van der Waals surface area contributed by atoms with Crippen LogP contribution in [0.4, 0.5) is 5.69 Å². The smallest absolute Gasteiger partial charge is 0.119 e. The van der Waals surface area contributed by atoms with E-state index in [1.165, 1.54) is 5.56 Å². The van der Waals surface area contributed by atoms with Crippen LogP contribution in [-0.4, -0.2) is 17.6 Å². The summed E-state index contributed by atoms with van der Waals surface area (Å²) in [5.41, 5.74) is 2.26. The van der Waals surface area contributed by atoms with Gasteiger partial charge in [-0.2, -0.15) is 0 Å². The highest BCUT2D eigenvalue weighted by Crippen LogP contribution is 2.21. The summed E-state index contributed by atoms with van der Waals surface area (Å²) >= 11 is 3.46. The van der Waals surface area contributed by atoms with Gasteiger partial charge in [0.05, 0.1) is 16.2 Å². The maximum Gasteiger partial charge on any atom is 0.119 e. The highest BCUT2D eigenvalue weighted by atomic mass is 79.9. The van der Waals surface area contributed by atoms with E-state index < -0.39 is 0 Å². The fourth-order valence-electron chi connectivity index (χ4n) is 1.66.